The normalized spacial score (nSPS) is 12.6. The minimum Gasteiger partial charge on any atom is -0.505 e. The molecule has 0 bridgehead atoms. The minimum absolute atomic E-state index is 0.00591. The summed E-state index contributed by atoms with van der Waals surface area (Å²) in [4.78, 5) is 27.1. The van der Waals surface area contributed by atoms with Crippen molar-refractivity contribution in [1.29, 1.82) is 0 Å². The number of hydrogen-bond donors (Lipinski definition) is 2. The largest absolute Gasteiger partial charge is 0.505 e. The second kappa shape index (κ2) is 9.65. The Morgan fingerprint density at radius 3 is 2.48 bits per heavy atom. The van der Waals surface area contributed by atoms with Crippen molar-refractivity contribution < 1.29 is 19.6 Å². The number of aromatic hydroxyl groups is 1. The standard InChI is InChI=1S/C18H26N4O5/c1-6-8-14(19-18(3,4)5)16(17(24)27-7-2)21-20-13-10-9-12(22(25)26)11-15(13)23/h9-11,20,23H,6-8H2,1-5H3/b19-14?,21-16-. The monoisotopic (exact) mass is 378 g/mol. The number of ether oxygens (including phenoxy) is 1. The van der Waals surface area contributed by atoms with Gasteiger partial charge >= 0.3 is 5.97 Å². The highest BCUT2D eigenvalue weighted by atomic mass is 16.6. The van der Waals surface area contributed by atoms with Gasteiger partial charge in [0.25, 0.3) is 5.69 Å². The maximum atomic E-state index is 12.4. The van der Waals surface area contributed by atoms with Crippen molar-refractivity contribution in [2.75, 3.05) is 12.0 Å². The Bertz CT molecular complexity index is 751. The van der Waals surface area contributed by atoms with Gasteiger partial charge in [0, 0.05) is 6.07 Å². The SMILES string of the molecule is CCCC(=NC(C)(C)C)/C(=N/Nc1ccc([N+](=O)[O-])cc1O)C(=O)OCC. The van der Waals surface area contributed by atoms with Crippen molar-refractivity contribution in [2.45, 2.75) is 53.0 Å². The molecule has 148 valence electrons. The first kappa shape index (κ1) is 22.1. The zero-order chi connectivity index (χ0) is 20.6. The van der Waals surface area contributed by atoms with E-state index in [0.29, 0.717) is 12.1 Å². The molecule has 0 amide bonds. The number of anilines is 1. The van der Waals surface area contributed by atoms with Gasteiger partial charge in [-0.2, -0.15) is 5.10 Å². The van der Waals surface area contributed by atoms with Gasteiger partial charge in [0.15, 0.2) is 5.71 Å². The zero-order valence-corrected chi connectivity index (χ0v) is 16.3. The molecule has 0 aliphatic carbocycles. The van der Waals surface area contributed by atoms with E-state index in [-0.39, 0.29) is 29.4 Å². The number of aliphatic imine (C=N–C) groups is 1. The first-order valence-corrected chi connectivity index (χ1v) is 8.66. The minimum atomic E-state index is -0.636. The van der Waals surface area contributed by atoms with Crippen molar-refractivity contribution in [3.63, 3.8) is 0 Å². The summed E-state index contributed by atoms with van der Waals surface area (Å²) in [5.74, 6) is -0.996. The summed E-state index contributed by atoms with van der Waals surface area (Å²) >= 11 is 0. The predicted molar refractivity (Wildman–Crippen MR) is 105 cm³/mol. The predicted octanol–water partition coefficient (Wildman–Crippen LogP) is 3.67. The van der Waals surface area contributed by atoms with Gasteiger partial charge < -0.3 is 9.84 Å². The van der Waals surface area contributed by atoms with Crippen LogP contribution in [0, 0.1) is 10.1 Å². The van der Waals surface area contributed by atoms with E-state index in [1.807, 2.05) is 27.7 Å². The number of benzene rings is 1. The van der Waals surface area contributed by atoms with Crippen molar-refractivity contribution in [3.8, 4) is 5.75 Å². The van der Waals surface area contributed by atoms with Gasteiger partial charge in [-0.05, 0) is 40.2 Å². The average molecular weight is 378 g/mol. The Hall–Kier alpha value is -2.97. The number of phenols is 1. The number of esters is 1. The fourth-order valence-electron chi connectivity index (χ4n) is 2.14. The number of carbonyl (C=O) groups excluding carboxylic acids is 1. The summed E-state index contributed by atoms with van der Waals surface area (Å²) in [6, 6.07) is 3.52. The molecular formula is C18H26N4O5. The number of nitro groups is 1. The lowest BCUT2D eigenvalue weighted by Crippen LogP contribution is -2.30. The van der Waals surface area contributed by atoms with Crippen molar-refractivity contribution in [3.05, 3.63) is 28.3 Å². The van der Waals surface area contributed by atoms with Crippen molar-refractivity contribution in [1.82, 2.24) is 0 Å². The van der Waals surface area contributed by atoms with Crippen LogP contribution in [-0.2, 0) is 9.53 Å². The molecule has 0 radical (unpaired) electrons. The summed E-state index contributed by atoms with van der Waals surface area (Å²) in [5.41, 5.74) is 2.51. The summed E-state index contributed by atoms with van der Waals surface area (Å²) in [6.45, 7) is 9.53. The van der Waals surface area contributed by atoms with Gasteiger partial charge in [-0.3, -0.25) is 20.5 Å². The highest BCUT2D eigenvalue weighted by Crippen LogP contribution is 2.27. The number of phenolic OH excluding ortho intramolecular Hbond substituents is 1. The van der Waals surface area contributed by atoms with Gasteiger partial charge in [-0.25, -0.2) is 4.79 Å². The lowest BCUT2D eigenvalue weighted by atomic mass is 10.1. The van der Waals surface area contributed by atoms with Crippen LogP contribution in [-0.4, -0.2) is 39.6 Å². The molecule has 0 saturated heterocycles. The van der Waals surface area contributed by atoms with E-state index in [9.17, 15) is 20.0 Å². The van der Waals surface area contributed by atoms with Gasteiger partial charge in [0.1, 0.15) is 5.75 Å². The van der Waals surface area contributed by atoms with E-state index < -0.39 is 16.4 Å². The topological polar surface area (TPSA) is 126 Å². The van der Waals surface area contributed by atoms with Crippen molar-refractivity contribution in [2.24, 2.45) is 10.1 Å². The molecule has 1 aromatic carbocycles. The molecular weight excluding hydrogens is 352 g/mol. The Balaban J connectivity index is 3.29. The molecule has 2 N–H and O–H groups in total. The number of carbonyl (C=O) groups is 1. The molecule has 1 aromatic rings. The van der Waals surface area contributed by atoms with Crippen LogP contribution in [0.4, 0.5) is 11.4 Å². The van der Waals surface area contributed by atoms with Crippen LogP contribution in [0.25, 0.3) is 0 Å². The van der Waals surface area contributed by atoms with Crippen LogP contribution in [0.15, 0.2) is 28.3 Å². The maximum Gasteiger partial charge on any atom is 0.360 e. The van der Waals surface area contributed by atoms with Crippen LogP contribution in [0.3, 0.4) is 0 Å². The third kappa shape index (κ3) is 7.04. The smallest absolute Gasteiger partial charge is 0.360 e. The Morgan fingerprint density at radius 1 is 1.33 bits per heavy atom. The number of nitrogens with zero attached hydrogens (tertiary/aromatic N) is 3. The molecule has 0 spiro atoms. The fourth-order valence-corrected chi connectivity index (χ4v) is 2.14. The van der Waals surface area contributed by atoms with Crippen LogP contribution < -0.4 is 5.43 Å². The molecule has 1 rings (SSSR count). The summed E-state index contributed by atoms with van der Waals surface area (Å²) in [7, 11) is 0. The lowest BCUT2D eigenvalue weighted by Gasteiger charge is -2.17. The van der Waals surface area contributed by atoms with Gasteiger partial charge in [-0.15, -0.1) is 0 Å². The highest BCUT2D eigenvalue weighted by Gasteiger charge is 2.22. The first-order chi connectivity index (χ1) is 12.6. The molecule has 0 heterocycles. The number of rotatable bonds is 8. The molecule has 27 heavy (non-hydrogen) atoms. The summed E-state index contributed by atoms with van der Waals surface area (Å²) in [6.07, 6.45) is 1.26. The molecule has 9 nitrogen and oxygen atoms in total. The van der Waals surface area contributed by atoms with Gasteiger partial charge in [-0.1, -0.05) is 13.3 Å². The van der Waals surface area contributed by atoms with Crippen LogP contribution >= 0.6 is 0 Å². The van der Waals surface area contributed by atoms with Crippen LogP contribution in [0.5, 0.6) is 5.75 Å². The summed E-state index contributed by atoms with van der Waals surface area (Å²) < 4.78 is 5.07. The molecule has 0 atom stereocenters. The molecule has 0 aromatic heterocycles. The third-order valence-electron chi connectivity index (χ3n) is 3.18. The zero-order valence-electron chi connectivity index (χ0n) is 16.3. The molecule has 0 fully saturated rings. The average Bonchev–Trinajstić information content (AvgIpc) is 2.55. The van der Waals surface area contributed by atoms with E-state index >= 15 is 0 Å². The van der Waals surface area contributed by atoms with Crippen LogP contribution in [0.2, 0.25) is 0 Å². The number of nitrogens with one attached hydrogen (secondary N) is 1. The quantitative estimate of drug-likeness (QED) is 0.234. The van der Waals surface area contributed by atoms with Gasteiger partial charge in [0.2, 0.25) is 0 Å². The number of hydrazone groups is 1. The molecule has 0 unspecified atom stereocenters. The van der Waals surface area contributed by atoms with Crippen molar-refractivity contribution >= 4 is 28.8 Å². The molecule has 0 aliphatic heterocycles. The fraction of sp³-hybridized carbons (Fsp3) is 0.500. The lowest BCUT2D eigenvalue weighted by molar-refractivity contribution is -0.384. The number of non-ortho nitro benzene ring substituents is 1. The second-order valence-electron chi connectivity index (χ2n) is 6.73. The van der Waals surface area contributed by atoms with E-state index in [1.165, 1.54) is 12.1 Å². The Kier molecular flexibility index (Phi) is 7.89. The number of nitro benzene ring substituents is 1. The second-order valence-corrected chi connectivity index (χ2v) is 6.73. The third-order valence-corrected chi connectivity index (χ3v) is 3.18. The van der Waals surface area contributed by atoms with E-state index in [0.717, 1.165) is 12.5 Å². The first-order valence-electron chi connectivity index (χ1n) is 8.66. The Morgan fingerprint density at radius 2 is 2.00 bits per heavy atom. The Labute approximate surface area is 158 Å². The van der Waals surface area contributed by atoms with E-state index in [1.54, 1.807) is 6.92 Å². The van der Waals surface area contributed by atoms with E-state index in [4.69, 9.17) is 4.74 Å². The van der Waals surface area contributed by atoms with E-state index in [2.05, 4.69) is 15.5 Å². The molecule has 0 saturated carbocycles. The number of hydrogen-bond acceptors (Lipinski definition) is 8. The molecule has 9 heteroatoms. The maximum absolute atomic E-state index is 12.4. The highest BCUT2D eigenvalue weighted by molar-refractivity contribution is 6.65. The summed E-state index contributed by atoms with van der Waals surface area (Å²) in [5, 5.41) is 24.8. The van der Waals surface area contributed by atoms with Gasteiger partial charge in [0.05, 0.1) is 34.5 Å². The van der Waals surface area contributed by atoms with Crippen LogP contribution in [0.1, 0.15) is 47.5 Å². The molecule has 0 aliphatic rings.